The number of nitrogens with zero attached hydrogens (tertiary/aromatic N) is 4. The van der Waals surface area contributed by atoms with E-state index in [1.807, 2.05) is 18.2 Å². The number of rotatable bonds is 8. The summed E-state index contributed by atoms with van der Waals surface area (Å²) >= 11 is 1.60. The Morgan fingerprint density at radius 3 is 3.18 bits per heavy atom. The number of tetrazole rings is 1. The van der Waals surface area contributed by atoms with E-state index in [1.54, 1.807) is 22.5 Å². The van der Waals surface area contributed by atoms with Crippen LogP contribution in [0.15, 0.2) is 36.0 Å². The number of aromatic nitrogens is 4. The van der Waals surface area contributed by atoms with Crippen LogP contribution in [0.25, 0.3) is 0 Å². The van der Waals surface area contributed by atoms with Crippen LogP contribution in [0.5, 0.6) is 17.2 Å². The lowest BCUT2D eigenvalue weighted by atomic mass is 10.3. The molecule has 0 unspecified atom stereocenters. The SMILES string of the molecule is C=CCn1nnnc1SCCCOc1ccc2c(c1)OCO2. The van der Waals surface area contributed by atoms with Crippen LogP contribution in [0.3, 0.4) is 0 Å². The minimum absolute atomic E-state index is 0.273. The van der Waals surface area contributed by atoms with Gasteiger partial charge in [-0.25, -0.2) is 4.68 Å². The summed E-state index contributed by atoms with van der Waals surface area (Å²) in [4.78, 5) is 0. The van der Waals surface area contributed by atoms with Crippen molar-refractivity contribution in [3.63, 3.8) is 0 Å². The minimum atomic E-state index is 0.273. The Morgan fingerprint density at radius 2 is 2.27 bits per heavy atom. The maximum absolute atomic E-state index is 5.70. The summed E-state index contributed by atoms with van der Waals surface area (Å²) in [6.07, 6.45) is 2.66. The van der Waals surface area contributed by atoms with Crippen molar-refractivity contribution < 1.29 is 14.2 Å². The van der Waals surface area contributed by atoms with Crippen molar-refractivity contribution in [1.82, 2.24) is 20.2 Å². The Labute approximate surface area is 132 Å². The largest absolute Gasteiger partial charge is 0.493 e. The van der Waals surface area contributed by atoms with E-state index in [9.17, 15) is 0 Å². The molecule has 7 nitrogen and oxygen atoms in total. The Kier molecular flexibility index (Phi) is 4.79. The van der Waals surface area contributed by atoms with Crippen LogP contribution in [0, 0.1) is 0 Å². The summed E-state index contributed by atoms with van der Waals surface area (Å²) in [5.74, 6) is 3.15. The smallest absolute Gasteiger partial charge is 0.231 e. The van der Waals surface area contributed by atoms with Crippen molar-refractivity contribution >= 4 is 11.8 Å². The average molecular weight is 320 g/mol. The fourth-order valence-corrected chi connectivity index (χ4v) is 2.71. The molecule has 2 heterocycles. The first kappa shape index (κ1) is 14.7. The molecule has 1 aromatic carbocycles. The maximum atomic E-state index is 5.70. The lowest BCUT2D eigenvalue weighted by Crippen LogP contribution is -2.02. The summed E-state index contributed by atoms with van der Waals surface area (Å²) in [6.45, 7) is 5.19. The number of ether oxygens (including phenoxy) is 3. The topological polar surface area (TPSA) is 71.3 Å². The first-order chi connectivity index (χ1) is 10.9. The summed E-state index contributed by atoms with van der Waals surface area (Å²) in [7, 11) is 0. The highest BCUT2D eigenvalue weighted by atomic mass is 32.2. The predicted molar refractivity (Wildman–Crippen MR) is 81.4 cm³/mol. The summed E-state index contributed by atoms with van der Waals surface area (Å²) in [5.41, 5.74) is 0. The van der Waals surface area contributed by atoms with Gasteiger partial charge in [-0.1, -0.05) is 17.8 Å². The summed E-state index contributed by atoms with van der Waals surface area (Å²) in [5, 5.41) is 12.3. The molecule has 1 aromatic heterocycles. The third kappa shape index (κ3) is 3.51. The fourth-order valence-electron chi connectivity index (χ4n) is 1.92. The fraction of sp³-hybridized carbons (Fsp3) is 0.357. The number of thioether (sulfide) groups is 1. The van der Waals surface area contributed by atoms with Crippen molar-refractivity contribution in [2.45, 2.75) is 18.1 Å². The van der Waals surface area contributed by atoms with Crippen molar-refractivity contribution in [3.05, 3.63) is 30.9 Å². The van der Waals surface area contributed by atoms with Gasteiger partial charge in [0.25, 0.3) is 0 Å². The highest BCUT2D eigenvalue weighted by Crippen LogP contribution is 2.35. The molecule has 0 atom stereocenters. The first-order valence-electron chi connectivity index (χ1n) is 6.89. The Balaban J connectivity index is 1.40. The lowest BCUT2D eigenvalue weighted by Gasteiger charge is -2.06. The van der Waals surface area contributed by atoms with Crippen LogP contribution < -0.4 is 14.2 Å². The molecule has 0 radical (unpaired) electrons. The Hall–Kier alpha value is -2.22. The van der Waals surface area contributed by atoms with Gasteiger partial charge in [-0.3, -0.25) is 0 Å². The van der Waals surface area contributed by atoms with Gasteiger partial charge in [-0.15, -0.1) is 11.7 Å². The molecule has 0 amide bonds. The number of allylic oxidation sites excluding steroid dienone is 1. The van der Waals surface area contributed by atoms with Gasteiger partial charge >= 0.3 is 0 Å². The molecular formula is C14H16N4O3S. The molecule has 0 bridgehead atoms. The van der Waals surface area contributed by atoms with Crippen molar-refractivity contribution in [2.75, 3.05) is 19.2 Å². The zero-order valence-electron chi connectivity index (χ0n) is 12.0. The van der Waals surface area contributed by atoms with Gasteiger partial charge in [0.05, 0.1) is 13.2 Å². The second-order valence-electron chi connectivity index (χ2n) is 4.50. The van der Waals surface area contributed by atoms with Crippen LogP contribution in [0.1, 0.15) is 6.42 Å². The monoisotopic (exact) mass is 320 g/mol. The van der Waals surface area contributed by atoms with E-state index in [1.165, 1.54) is 0 Å². The van der Waals surface area contributed by atoms with E-state index >= 15 is 0 Å². The average Bonchev–Trinajstić information content (AvgIpc) is 3.16. The first-order valence-corrected chi connectivity index (χ1v) is 7.87. The molecule has 2 aromatic rings. The molecule has 0 saturated carbocycles. The molecule has 0 aliphatic carbocycles. The molecule has 0 saturated heterocycles. The Morgan fingerprint density at radius 1 is 1.36 bits per heavy atom. The van der Waals surface area contributed by atoms with Crippen LogP contribution >= 0.6 is 11.8 Å². The van der Waals surface area contributed by atoms with Gasteiger partial charge in [0.1, 0.15) is 5.75 Å². The molecule has 1 aliphatic rings. The van der Waals surface area contributed by atoms with Crippen molar-refractivity contribution in [3.8, 4) is 17.2 Å². The molecule has 0 N–H and O–H groups in total. The highest BCUT2D eigenvalue weighted by Gasteiger charge is 2.13. The van der Waals surface area contributed by atoms with Gasteiger partial charge in [0.15, 0.2) is 11.5 Å². The predicted octanol–water partition coefficient (Wildman–Crippen LogP) is 2.15. The lowest BCUT2D eigenvalue weighted by molar-refractivity contribution is 0.173. The van der Waals surface area contributed by atoms with E-state index in [4.69, 9.17) is 14.2 Å². The maximum Gasteiger partial charge on any atom is 0.231 e. The van der Waals surface area contributed by atoms with Gasteiger partial charge in [0, 0.05) is 11.8 Å². The molecule has 3 rings (SSSR count). The molecule has 1 aliphatic heterocycles. The van der Waals surface area contributed by atoms with Crippen molar-refractivity contribution in [2.24, 2.45) is 0 Å². The van der Waals surface area contributed by atoms with E-state index in [2.05, 4.69) is 22.1 Å². The third-order valence-electron chi connectivity index (χ3n) is 2.93. The zero-order valence-corrected chi connectivity index (χ0v) is 12.8. The number of benzene rings is 1. The molecule has 0 spiro atoms. The number of hydrogen-bond acceptors (Lipinski definition) is 7. The number of fused-ring (bicyclic) bond motifs is 1. The van der Waals surface area contributed by atoms with Gasteiger partial charge in [-0.2, -0.15) is 0 Å². The third-order valence-corrected chi connectivity index (χ3v) is 3.98. The van der Waals surface area contributed by atoms with Crippen LogP contribution in [0.2, 0.25) is 0 Å². The van der Waals surface area contributed by atoms with E-state index < -0.39 is 0 Å². The second kappa shape index (κ2) is 7.17. The van der Waals surface area contributed by atoms with E-state index in [0.29, 0.717) is 13.2 Å². The minimum Gasteiger partial charge on any atom is -0.493 e. The van der Waals surface area contributed by atoms with Gasteiger partial charge in [-0.05, 0) is 29.0 Å². The van der Waals surface area contributed by atoms with Gasteiger partial charge in [0.2, 0.25) is 11.9 Å². The molecule has 8 heteroatoms. The molecule has 116 valence electrons. The van der Waals surface area contributed by atoms with E-state index in [-0.39, 0.29) is 6.79 Å². The van der Waals surface area contributed by atoms with Crippen LogP contribution in [-0.4, -0.2) is 39.4 Å². The van der Waals surface area contributed by atoms with Crippen LogP contribution in [0.4, 0.5) is 0 Å². The highest BCUT2D eigenvalue weighted by molar-refractivity contribution is 7.99. The quantitative estimate of drug-likeness (QED) is 0.419. The van der Waals surface area contributed by atoms with Gasteiger partial charge < -0.3 is 14.2 Å². The Bertz CT molecular complexity index is 647. The standard InChI is InChI=1S/C14H16N4O3S/c1-2-6-18-14(15-16-17-18)22-8-3-7-19-11-4-5-12-13(9-11)21-10-20-12/h2,4-5,9H,1,3,6-8,10H2. The zero-order chi connectivity index (χ0) is 15.2. The second-order valence-corrected chi connectivity index (χ2v) is 5.56. The molecule has 0 fully saturated rings. The normalized spacial score (nSPS) is 12.4. The number of hydrogen-bond donors (Lipinski definition) is 0. The van der Waals surface area contributed by atoms with Crippen LogP contribution in [-0.2, 0) is 6.54 Å². The summed E-state index contributed by atoms with van der Waals surface area (Å²) in [6, 6.07) is 5.58. The van der Waals surface area contributed by atoms with E-state index in [0.717, 1.165) is 34.6 Å². The molecule has 22 heavy (non-hydrogen) atoms. The summed E-state index contributed by atoms with van der Waals surface area (Å²) < 4.78 is 18.0. The molecular weight excluding hydrogens is 304 g/mol. The van der Waals surface area contributed by atoms with Crippen molar-refractivity contribution in [1.29, 1.82) is 0 Å².